The zero-order valence-electron chi connectivity index (χ0n) is 8.54. The number of hydrogen-bond donors (Lipinski definition) is 2. The highest BCUT2D eigenvalue weighted by Crippen LogP contribution is 2.30. The van der Waals surface area contributed by atoms with Gasteiger partial charge in [0.05, 0.1) is 14.4 Å². The van der Waals surface area contributed by atoms with Crippen LogP contribution >= 0.6 is 27.3 Å². The predicted molar refractivity (Wildman–Crippen MR) is 68.4 cm³/mol. The second-order valence-corrected chi connectivity index (χ2v) is 6.03. The molecular weight excluding hydrogens is 274 g/mol. The Morgan fingerprint density at radius 2 is 2.27 bits per heavy atom. The number of halogens is 1. The third-order valence-corrected chi connectivity index (χ3v) is 3.51. The molecule has 0 aromatic carbocycles. The zero-order valence-corrected chi connectivity index (χ0v) is 10.9. The minimum Gasteiger partial charge on any atom is -0.366 e. The second kappa shape index (κ2) is 4.37. The lowest BCUT2D eigenvalue weighted by Gasteiger charge is -2.04. The van der Waals surface area contributed by atoms with Gasteiger partial charge in [0.2, 0.25) is 0 Å². The van der Waals surface area contributed by atoms with Crippen LogP contribution in [0.15, 0.2) is 22.0 Å². The maximum atomic E-state index is 4.20. The van der Waals surface area contributed by atoms with Gasteiger partial charge in [0.1, 0.15) is 5.82 Å². The lowest BCUT2D eigenvalue weighted by molar-refractivity contribution is 0.884. The average Bonchev–Trinajstić information content (AvgIpc) is 2.72. The van der Waals surface area contributed by atoms with Crippen molar-refractivity contribution in [3.63, 3.8) is 0 Å². The normalized spacial score (nSPS) is 10.9. The van der Waals surface area contributed by atoms with Crippen LogP contribution < -0.4 is 5.32 Å². The van der Waals surface area contributed by atoms with Crippen molar-refractivity contribution in [2.24, 2.45) is 0 Å². The van der Waals surface area contributed by atoms with Crippen LogP contribution in [0, 0.1) is 0 Å². The van der Waals surface area contributed by atoms with Crippen LogP contribution in [0.2, 0.25) is 0 Å². The first kappa shape index (κ1) is 10.7. The number of aromatic nitrogens is 2. The molecule has 0 spiro atoms. The van der Waals surface area contributed by atoms with E-state index in [1.54, 1.807) is 11.3 Å². The van der Waals surface area contributed by atoms with E-state index in [4.69, 9.17) is 0 Å². The minimum atomic E-state index is 0.399. The summed E-state index contributed by atoms with van der Waals surface area (Å²) in [5, 5.41) is 10.5. The maximum absolute atomic E-state index is 4.20. The van der Waals surface area contributed by atoms with Crippen molar-refractivity contribution >= 4 is 33.1 Å². The average molecular weight is 286 g/mol. The molecule has 2 aromatic heterocycles. The van der Waals surface area contributed by atoms with Gasteiger partial charge in [-0.3, -0.25) is 5.10 Å². The Kier molecular flexibility index (Phi) is 3.11. The van der Waals surface area contributed by atoms with E-state index in [9.17, 15) is 0 Å². The molecule has 2 aromatic rings. The fourth-order valence-electron chi connectivity index (χ4n) is 1.28. The van der Waals surface area contributed by atoms with Gasteiger partial charge in [-0.15, -0.1) is 11.3 Å². The van der Waals surface area contributed by atoms with Gasteiger partial charge in [-0.2, -0.15) is 5.10 Å². The Hall–Kier alpha value is -0.810. The fraction of sp³-hybridized carbons (Fsp3) is 0.300. The minimum absolute atomic E-state index is 0.399. The van der Waals surface area contributed by atoms with E-state index in [2.05, 4.69) is 51.4 Å². The van der Waals surface area contributed by atoms with E-state index in [0.717, 1.165) is 15.3 Å². The fourth-order valence-corrected chi connectivity index (χ4v) is 2.63. The van der Waals surface area contributed by atoms with Crippen LogP contribution in [-0.2, 0) is 0 Å². The molecule has 0 aliphatic carbocycles. The monoisotopic (exact) mass is 285 g/mol. The molecule has 0 aliphatic heterocycles. The first-order valence-corrected chi connectivity index (χ1v) is 6.34. The van der Waals surface area contributed by atoms with Gasteiger partial charge in [0.25, 0.3) is 0 Å². The van der Waals surface area contributed by atoms with Gasteiger partial charge in [0, 0.05) is 12.1 Å². The Morgan fingerprint density at radius 3 is 2.87 bits per heavy atom. The maximum Gasteiger partial charge on any atom is 0.148 e. The number of nitrogens with zero attached hydrogens (tertiary/aromatic N) is 1. The lowest BCUT2D eigenvalue weighted by atomic mass is 10.3. The Labute approximate surface area is 101 Å². The van der Waals surface area contributed by atoms with Crippen LogP contribution in [-0.4, -0.2) is 16.2 Å². The Bertz CT molecular complexity index is 447. The summed E-state index contributed by atoms with van der Waals surface area (Å²) in [4.78, 5) is 1.19. The summed E-state index contributed by atoms with van der Waals surface area (Å²) in [7, 11) is 0. The number of H-pyrrole nitrogens is 1. The summed E-state index contributed by atoms with van der Waals surface area (Å²) in [6, 6.07) is 6.53. The first-order valence-electron chi connectivity index (χ1n) is 4.73. The van der Waals surface area contributed by atoms with Crippen LogP contribution in [0.25, 0.3) is 10.6 Å². The molecule has 0 atom stereocenters. The lowest BCUT2D eigenvalue weighted by Crippen LogP contribution is -2.09. The molecule has 3 nitrogen and oxygen atoms in total. The largest absolute Gasteiger partial charge is 0.366 e. The molecule has 2 rings (SSSR count). The summed E-state index contributed by atoms with van der Waals surface area (Å²) < 4.78 is 1.13. The molecule has 5 heteroatoms. The number of anilines is 1. The molecule has 0 aliphatic rings. The standard InChI is InChI=1S/C10H12BrN3S/c1-6(2)12-10-5-7(13-14-10)8-3-4-9(11)15-8/h3-6H,1-2H3,(H2,12,13,14). The van der Waals surface area contributed by atoms with E-state index in [1.165, 1.54) is 4.88 Å². The van der Waals surface area contributed by atoms with Crippen molar-refractivity contribution in [2.45, 2.75) is 19.9 Å². The van der Waals surface area contributed by atoms with Crippen LogP contribution in [0.3, 0.4) is 0 Å². The molecule has 15 heavy (non-hydrogen) atoms. The predicted octanol–water partition coefficient (Wildman–Crippen LogP) is 3.72. The summed E-state index contributed by atoms with van der Waals surface area (Å²) in [6.45, 7) is 4.19. The van der Waals surface area contributed by atoms with E-state index in [1.807, 2.05) is 12.1 Å². The number of hydrogen-bond acceptors (Lipinski definition) is 3. The van der Waals surface area contributed by atoms with Crippen molar-refractivity contribution in [3.8, 4) is 10.6 Å². The molecule has 2 heterocycles. The highest BCUT2D eigenvalue weighted by molar-refractivity contribution is 9.11. The van der Waals surface area contributed by atoms with Gasteiger partial charge in [-0.05, 0) is 41.9 Å². The second-order valence-electron chi connectivity index (χ2n) is 3.57. The highest BCUT2D eigenvalue weighted by Gasteiger charge is 2.06. The zero-order chi connectivity index (χ0) is 10.8. The van der Waals surface area contributed by atoms with E-state index in [-0.39, 0.29) is 0 Å². The molecule has 0 saturated carbocycles. The number of nitrogens with one attached hydrogen (secondary N) is 2. The van der Waals surface area contributed by atoms with Crippen LogP contribution in [0.1, 0.15) is 13.8 Å². The molecular formula is C10H12BrN3S. The summed E-state index contributed by atoms with van der Waals surface area (Å²) in [6.07, 6.45) is 0. The number of rotatable bonds is 3. The molecule has 0 amide bonds. The third-order valence-electron chi connectivity index (χ3n) is 1.85. The SMILES string of the molecule is CC(C)Nc1cc(-c2ccc(Br)s2)[nH]n1. The summed E-state index contributed by atoms with van der Waals surface area (Å²) in [5.41, 5.74) is 1.05. The summed E-state index contributed by atoms with van der Waals surface area (Å²) in [5.74, 6) is 0.893. The summed E-state index contributed by atoms with van der Waals surface area (Å²) >= 11 is 5.14. The molecule has 0 fully saturated rings. The van der Waals surface area contributed by atoms with Gasteiger partial charge >= 0.3 is 0 Å². The van der Waals surface area contributed by atoms with Crippen LogP contribution in [0.4, 0.5) is 5.82 Å². The van der Waals surface area contributed by atoms with Crippen molar-refractivity contribution in [1.82, 2.24) is 10.2 Å². The van der Waals surface area contributed by atoms with Crippen LogP contribution in [0.5, 0.6) is 0 Å². The van der Waals surface area contributed by atoms with Gasteiger partial charge in [-0.25, -0.2) is 0 Å². The smallest absolute Gasteiger partial charge is 0.148 e. The van der Waals surface area contributed by atoms with Crippen molar-refractivity contribution < 1.29 is 0 Å². The van der Waals surface area contributed by atoms with Crippen molar-refractivity contribution in [3.05, 3.63) is 22.0 Å². The molecule has 80 valence electrons. The van der Waals surface area contributed by atoms with Gasteiger partial charge < -0.3 is 5.32 Å². The quantitative estimate of drug-likeness (QED) is 0.902. The van der Waals surface area contributed by atoms with E-state index in [0.29, 0.717) is 6.04 Å². The number of thiophene rings is 1. The molecule has 0 unspecified atom stereocenters. The van der Waals surface area contributed by atoms with Gasteiger partial charge in [-0.1, -0.05) is 0 Å². The van der Waals surface area contributed by atoms with Crippen molar-refractivity contribution in [1.29, 1.82) is 0 Å². The van der Waals surface area contributed by atoms with Crippen molar-refractivity contribution in [2.75, 3.05) is 5.32 Å². The van der Waals surface area contributed by atoms with E-state index < -0.39 is 0 Å². The molecule has 2 N–H and O–H groups in total. The molecule has 0 bridgehead atoms. The number of aromatic amines is 1. The topological polar surface area (TPSA) is 40.7 Å². The Morgan fingerprint density at radius 1 is 1.47 bits per heavy atom. The highest BCUT2D eigenvalue weighted by atomic mass is 79.9. The third kappa shape index (κ3) is 2.60. The Balaban J connectivity index is 2.20. The molecule has 0 radical (unpaired) electrons. The molecule has 0 saturated heterocycles. The van der Waals surface area contributed by atoms with Gasteiger partial charge in [0.15, 0.2) is 0 Å². The van der Waals surface area contributed by atoms with E-state index >= 15 is 0 Å². The first-order chi connectivity index (χ1) is 7.15.